The number of rotatable bonds is 4. The topological polar surface area (TPSA) is 72.2 Å². The fraction of sp³-hybridized carbons (Fsp3) is 0.500. The summed E-state index contributed by atoms with van der Waals surface area (Å²) in [5.41, 5.74) is 1.68. The van der Waals surface area contributed by atoms with Gasteiger partial charge in [-0.1, -0.05) is 18.2 Å². The average molecular weight is 296 g/mol. The number of fused-ring (bicyclic) bond motifs is 1. The molecule has 0 bridgehead atoms. The van der Waals surface area contributed by atoms with Gasteiger partial charge in [0.1, 0.15) is 0 Å². The zero-order valence-electron chi connectivity index (χ0n) is 12.2. The monoisotopic (exact) mass is 296 g/mol. The predicted octanol–water partition coefficient (Wildman–Crippen LogP) is 1.30. The lowest BCUT2D eigenvalue weighted by molar-refractivity contribution is 0.137. The minimum absolute atomic E-state index is 0.210. The zero-order valence-corrected chi connectivity index (χ0v) is 13.0. The van der Waals surface area contributed by atoms with Crippen LogP contribution in [0, 0.1) is 0 Å². The van der Waals surface area contributed by atoms with E-state index in [-0.39, 0.29) is 6.42 Å². The van der Waals surface area contributed by atoms with E-state index in [1.54, 1.807) is 4.68 Å². The van der Waals surface area contributed by atoms with Crippen molar-refractivity contribution in [3.8, 4) is 0 Å². The smallest absolute Gasteiger partial charge is 0.155 e. The van der Waals surface area contributed by atoms with Gasteiger partial charge in [-0.15, -0.1) is 0 Å². The molecule has 1 N–H and O–H groups in total. The summed E-state index contributed by atoms with van der Waals surface area (Å²) >= 11 is 0. The molecule has 2 rings (SSSR count). The third-order valence-electron chi connectivity index (χ3n) is 3.98. The molecule has 0 aliphatic rings. The van der Waals surface area contributed by atoms with Crippen LogP contribution in [-0.2, 0) is 23.3 Å². The number of para-hydroxylation sites is 1. The maximum Gasteiger partial charge on any atom is 0.155 e. The molecule has 0 aliphatic carbocycles. The summed E-state index contributed by atoms with van der Waals surface area (Å²) in [4.78, 5) is 0. The van der Waals surface area contributed by atoms with E-state index in [0.717, 1.165) is 17.2 Å². The molecule has 6 heteroatoms. The van der Waals surface area contributed by atoms with Crippen LogP contribution in [0.2, 0.25) is 0 Å². The quantitative estimate of drug-likeness (QED) is 0.923. The summed E-state index contributed by atoms with van der Waals surface area (Å²) in [6.45, 7) is 3.08. The van der Waals surface area contributed by atoms with E-state index in [0.29, 0.717) is 5.69 Å². The molecule has 20 heavy (non-hydrogen) atoms. The summed E-state index contributed by atoms with van der Waals surface area (Å²) in [6.07, 6.45) is 0.351. The van der Waals surface area contributed by atoms with Crippen LogP contribution in [0.1, 0.15) is 19.5 Å². The largest absolute Gasteiger partial charge is 0.391 e. The summed E-state index contributed by atoms with van der Waals surface area (Å²) in [7, 11) is -1.52. The molecule has 0 radical (unpaired) electrons. The number of sulfone groups is 1. The number of benzene rings is 1. The Balaban J connectivity index is 2.38. The highest BCUT2D eigenvalue weighted by atomic mass is 32.2. The van der Waals surface area contributed by atoms with Crippen LogP contribution >= 0.6 is 0 Å². The number of aliphatic hydroxyl groups is 1. The third kappa shape index (κ3) is 2.45. The molecule has 0 fully saturated rings. The molecule has 1 atom stereocenters. The Morgan fingerprint density at radius 3 is 2.55 bits per heavy atom. The van der Waals surface area contributed by atoms with Gasteiger partial charge >= 0.3 is 0 Å². The summed E-state index contributed by atoms with van der Waals surface area (Å²) in [5, 5.41) is 15.6. The van der Waals surface area contributed by atoms with Crippen LogP contribution in [0.25, 0.3) is 10.9 Å². The van der Waals surface area contributed by atoms with Crippen molar-refractivity contribution in [2.75, 3.05) is 6.26 Å². The van der Waals surface area contributed by atoms with Gasteiger partial charge in [-0.2, -0.15) is 5.10 Å². The molecule has 5 nitrogen and oxygen atoms in total. The van der Waals surface area contributed by atoms with E-state index in [1.165, 1.54) is 13.8 Å². The molecule has 0 spiro atoms. The molecule has 2 aromatic rings. The van der Waals surface area contributed by atoms with Crippen LogP contribution < -0.4 is 0 Å². The number of hydrogen-bond donors (Lipinski definition) is 1. The average Bonchev–Trinajstić information content (AvgIpc) is 2.65. The maximum atomic E-state index is 11.8. The molecule has 0 aliphatic heterocycles. The van der Waals surface area contributed by atoms with Crippen molar-refractivity contribution >= 4 is 20.7 Å². The van der Waals surface area contributed by atoms with Gasteiger partial charge < -0.3 is 5.11 Å². The summed E-state index contributed by atoms with van der Waals surface area (Å²) < 4.78 is 24.1. The van der Waals surface area contributed by atoms with Crippen molar-refractivity contribution in [3.63, 3.8) is 0 Å². The first-order valence-electron chi connectivity index (χ1n) is 6.43. The molecule has 1 unspecified atom stereocenters. The van der Waals surface area contributed by atoms with Crippen molar-refractivity contribution < 1.29 is 13.5 Å². The number of aliphatic hydroxyl groups excluding tert-OH is 1. The van der Waals surface area contributed by atoms with Crippen molar-refractivity contribution in [2.24, 2.45) is 7.05 Å². The first-order valence-corrected chi connectivity index (χ1v) is 8.32. The molecule has 0 saturated carbocycles. The Kier molecular flexibility index (Phi) is 3.64. The molecule has 0 amide bonds. The highest BCUT2D eigenvalue weighted by Gasteiger charge is 2.38. The second-order valence-electron chi connectivity index (χ2n) is 5.68. The van der Waals surface area contributed by atoms with Crippen LogP contribution in [-0.4, -0.2) is 40.4 Å². The summed E-state index contributed by atoms with van der Waals surface area (Å²) in [5.74, 6) is 0. The van der Waals surface area contributed by atoms with Gasteiger partial charge in [0.15, 0.2) is 9.84 Å². The third-order valence-corrected chi connectivity index (χ3v) is 6.16. The Hall–Kier alpha value is -1.40. The van der Waals surface area contributed by atoms with Gasteiger partial charge in [-0.3, -0.25) is 4.68 Å². The lowest BCUT2D eigenvalue weighted by Gasteiger charge is -2.28. The highest BCUT2D eigenvalue weighted by molar-refractivity contribution is 7.92. The van der Waals surface area contributed by atoms with Crippen LogP contribution in [0.3, 0.4) is 0 Å². The molecule has 0 saturated heterocycles. The van der Waals surface area contributed by atoms with Crippen LogP contribution in [0.5, 0.6) is 0 Å². The fourth-order valence-electron chi connectivity index (χ4n) is 2.12. The first kappa shape index (κ1) is 15.0. The van der Waals surface area contributed by atoms with E-state index >= 15 is 0 Å². The van der Waals surface area contributed by atoms with Crippen LogP contribution in [0.15, 0.2) is 24.3 Å². The second-order valence-corrected chi connectivity index (χ2v) is 8.28. The van der Waals surface area contributed by atoms with E-state index < -0.39 is 20.7 Å². The molecule has 110 valence electrons. The maximum absolute atomic E-state index is 11.8. The Morgan fingerprint density at radius 2 is 1.95 bits per heavy atom. The minimum atomic E-state index is -3.35. The molecule has 1 aromatic heterocycles. The van der Waals surface area contributed by atoms with Crippen molar-refractivity contribution in [1.29, 1.82) is 0 Å². The fourth-order valence-corrected chi connectivity index (χ4v) is 2.69. The normalized spacial score (nSPS) is 14.7. The van der Waals surface area contributed by atoms with Crippen molar-refractivity contribution in [3.05, 3.63) is 30.0 Å². The highest BCUT2D eigenvalue weighted by Crippen LogP contribution is 2.25. The molecular weight excluding hydrogens is 276 g/mol. The van der Waals surface area contributed by atoms with Crippen molar-refractivity contribution in [1.82, 2.24) is 9.78 Å². The Bertz CT molecular complexity index is 732. The molecule has 1 aromatic carbocycles. The SMILES string of the molecule is Cn1nc(CC(O)C(C)(C)S(C)(=O)=O)c2ccccc21. The van der Waals surface area contributed by atoms with E-state index in [2.05, 4.69) is 5.10 Å². The first-order chi connectivity index (χ1) is 9.14. The lowest BCUT2D eigenvalue weighted by atomic mass is 10.00. The van der Waals surface area contributed by atoms with E-state index in [4.69, 9.17) is 0 Å². The number of hydrogen-bond acceptors (Lipinski definition) is 4. The number of aromatic nitrogens is 2. The molecular formula is C14H20N2O3S. The number of nitrogens with zero attached hydrogens (tertiary/aromatic N) is 2. The zero-order chi connectivity index (χ0) is 15.1. The van der Waals surface area contributed by atoms with Gasteiger partial charge in [0.05, 0.1) is 22.1 Å². The minimum Gasteiger partial charge on any atom is -0.391 e. The lowest BCUT2D eigenvalue weighted by Crippen LogP contribution is -2.44. The Morgan fingerprint density at radius 1 is 1.35 bits per heavy atom. The standard InChI is InChI=1S/C14H20N2O3S/c1-14(2,20(4,18)19)13(17)9-11-10-7-5-6-8-12(10)16(3)15-11/h5-8,13,17H,9H2,1-4H3. The van der Waals surface area contributed by atoms with Gasteiger partial charge in [-0.25, -0.2) is 8.42 Å². The second kappa shape index (κ2) is 4.86. The van der Waals surface area contributed by atoms with Gasteiger partial charge in [0.25, 0.3) is 0 Å². The number of aryl methyl sites for hydroxylation is 1. The van der Waals surface area contributed by atoms with Gasteiger partial charge in [-0.05, 0) is 19.9 Å². The predicted molar refractivity (Wildman–Crippen MR) is 79.3 cm³/mol. The van der Waals surface area contributed by atoms with Gasteiger partial charge in [0, 0.05) is 25.1 Å². The van der Waals surface area contributed by atoms with E-state index in [9.17, 15) is 13.5 Å². The van der Waals surface area contributed by atoms with Gasteiger partial charge in [0.2, 0.25) is 0 Å². The van der Waals surface area contributed by atoms with Crippen LogP contribution in [0.4, 0.5) is 0 Å². The molecule has 1 heterocycles. The Labute approximate surface area is 119 Å². The van der Waals surface area contributed by atoms with Crippen molar-refractivity contribution in [2.45, 2.75) is 31.1 Å². The summed E-state index contributed by atoms with van der Waals surface area (Å²) in [6, 6.07) is 7.70. The van der Waals surface area contributed by atoms with E-state index in [1.807, 2.05) is 31.3 Å².